The summed E-state index contributed by atoms with van der Waals surface area (Å²) in [5.41, 5.74) is 2.25. The maximum Gasteiger partial charge on any atom is 0.242 e. The van der Waals surface area contributed by atoms with Crippen molar-refractivity contribution in [3.63, 3.8) is 0 Å². The van der Waals surface area contributed by atoms with E-state index in [2.05, 4.69) is 29.7 Å². The number of anilines is 1. The summed E-state index contributed by atoms with van der Waals surface area (Å²) in [6, 6.07) is 15.5. The van der Waals surface area contributed by atoms with Gasteiger partial charge in [-0.2, -0.15) is 0 Å². The minimum Gasteiger partial charge on any atom is -0.486 e. The van der Waals surface area contributed by atoms with E-state index in [1.54, 1.807) is 0 Å². The number of rotatable bonds is 7. The monoisotopic (exact) mass is 354 g/mol. The maximum absolute atomic E-state index is 12.3. The van der Waals surface area contributed by atoms with E-state index in [0.29, 0.717) is 13.2 Å². The normalized spacial score (nSPS) is 16.6. The second-order valence-electron chi connectivity index (χ2n) is 6.56. The Labute approximate surface area is 154 Å². The molecule has 1 amide bonds. The molecule has 0 bridgehead atoms. The molecule has 0 aliphatic carbocycles. The third kappa shape index (κ3) is 4.69. The van der Waals surface area contributed by atoms with Gasteiger partial charge in [-0.15, -0.1) is 0 Å². The molecule has 5 nitrogen and oxygen atoms in total. The lowest BCUT2D eigenvalue weighted by atomic mass is 10.1. The standard InChI is InChI=1S/C21H26N2O3/c1-3-6-16-9-11-17(12-10-16)23-15(2)21(24)22-13-18-14-25-19-7-4-5-8-20(19)26-18/h4-5,7-12,15,18,23H,3,6,13-14H2,1-2H3,(H,22,24). The van der Waals surface area contributed by atoms with Crippen LogP contribution in [0, 0.1) is 0 Å². The first-order chi connectivity index (χ1) is 12.7. The third-order valence-corrected chi connectivity index (χ3v) is 4.34. The predicted molar refractivity (Wildman–Crippen MR) is 103 cm³/mol. The van der Waals surface area contributed by atoms with Gasteiger partial charge in [0.2, 0.25) is 5.91 Å². The summed E-state index contributed by atoms with van der Waals surface area (Å²) in [5, 5.41) is 6.16. The SMILES string of the molecule is CCCc1ccc(NC(C)C(=O)NCC2COc3ccccc3O2)cc1. The fourth-order valence-corrected chi connectivity index (χ4v) is 2.90. The van der Waals surface area contributed by atoms with Crippen molar-refractivity contribution >= 4 is 11.6 Å². The van der Waals surface area contributed by atoms with Crippen molar-refractivity contribution in [2.45, 2.75) is 38.8 Å². The van der Waals surface area contributed by atoms with Crippen molar-refractivity contribution in [1.82, 2.24) is 5.32 Å². The zero-order chi connectivity index (χ0) is 18.4. The van der Waals surface area contributed by atoms with Gasteiger partial charge < -0.3 is 20.1 Å². The van der Waals surface area contributed by atoms with Gasteiger partial charge in [0.25, 0.3) is 0 Å². The number of hydrogen-bond acceptors (Lipinski definition) is 4. The van der Waals surface area contributed by atoms with E-state index < -0.39 is 0 Å². The average molecular weight is 354 g/mol. The van der Waals surface area contributed by atoms with Crippen LogP contribution < -0.4 is 20.1 Å². The topological polar surface area (TPSA) is 59.6 Å². The molecule has 0 saturated heterocycles. The fourth-order valence-electron chi connectivity index (χ4n) is 2.90. The second-order valence-corrected chi connectivity index (χ2v) is 6.56. The van der Waals surface area contributed by atoms with E-state index in [1.165, 1.54) is 5.56 Å². The first-order valence-corrected chi connectivity index (χ1v) is 9.17. The van der Waals surface area contributed by atoms with Crippen LogP contribution in [0.25, 0.3) is 0 Å². The van der Waals surface area contributed by atoms with Crippen molar-refractivity contribution in [1.29, 1.82) is 0 Å². The van der Waals surface area contributed by atoms with Gasteiger partial charge >= 0.3 is 0 Å². The first-order valence-electron chi connectivity index (χ1n) is 9.17. The highest BCUT2D eigenvalue weighted by atomic mass is 16.6. The summed E-state index contributed by atoms with van der Waals surface area (Å²) in [6.45, 7) is 4.85. The molecule has 2 unspecified atom stereocenters. The van der Waals surface area contributed by atoms with Crippen LogP contribution in [0.1, 0.15) is 25.8 Å². The molecule has 5 heteroatoms. The fraction of sp³-hybridized carbons (Fsp3) is 0.381. The van der Waals surface area contributed by atoms with Crippen LogP contribution in [-0.2, 0) is 11.2 Å². The highest BCUT2D eigenvalue weighted by molar-refractivity contribution is 5.84. The zero-order valence-corrected chi connectivity index (χ0v) is 15.3. The highest BCUT2D eigenvalue weighted by Crippen LogP contribution is 2.30. The molecule has 0 aromatic heterocycles. The van der Waals surface area contributed by atoms with Gasteiger partial charge in [0.05, 0.1) is 6.54 Å². The molecule has 0 fully saturated rings. The molecule has 0 spiro atoms. The number of amides is 1. The molecule has 1 heterocycles. The number of carbonyl (C=O) groups excluding carboxylic acids is 1. The number of benzene rings is 2. The zero-order valence-electron chi connectivity index (χ0n) is 15.3. The molecular formula is C21H26N2O3. The van der Waals surface area contributed by atoms with Gasteiger partial charge in [-0.1, -0.05) is 37.6 Å². The lowest BCUT2D eigenvalue weighted by molar-refractivity contribution is -0.122. The van der Waals surface area contributed by atoms with Gasteiger partial charge in [-0.3, -0.25) is 4.79 Å². The van der Waals surface area contributed by atoms with Crippen molar-refractivity contribution in [2.75, 3.05) is 18.5 Å². The van der Waals surface area contributed by atoms with Crippen molar-refractivity contribution < 1.29 is 14.3 Å². The molecule has 2 N–H and O–H groups in total. The van der Waals surface area contributed by atoms with Crippen LogP contribution in [0.2, 0.25) is 0 Å². The summed E-state index contributed by atoms with van der Waals surface area (Å²) < 4.78 is 11.5. The number of para-hydroxylation sites is 2. The molecule has 2 atom stereocenters. The number of nitrogens with one attached hydrogen (secondary N) is 2. The van der Waals surface area contributed by atoms with Gasteiger partial charge in [-0.05, 0) is 43.2 Å². The van der Waals surface area contributed by atoms with E-state index in [-0.39, 0.29) is 18.1 Å². The van der Waals surface area contributed by atoms with E-state index in [9.17, 15) is 4.79 Å². The Morgan fingerprint density at radius 2 is 1.88 bits per heavy atom. The van der Waals surface area contributed by atoms with Crippen LogP contribution >= 0.6 is 0 Å². The molecule has 0 radical (unpaired) electrons. The Morgan fingerprint density at radius 3 is 2.62 bits per heavy atom. The highest BCUT2D eigenvalue weighted by Gasteiger charge is 2.22. The summed E-state index contributed by atoms with van der Waals surface area (Å²) in [7, 11) is 0. The lowest BCUT2D eigenvalue weighted by Crippen LogP contribution is -2.45. The van der Waals surface area contributed by atoms with Crippen LogP contribution in [0.5, 0.6) is 11.5 Å². The van der Waals surface area contributed by atoms with Gasteiger partial charge in [0, 0.05) is 5.69 Å². The molecule has 1 aliphatic heterocycles. The molecule has 0 saturated carbocycles. The molecule has 26 heavy (non-hydrogen) atoms. The number of carbonyl (C=O) groups is 1. The van der Waals surface area contributed by atoms with E-state index in [4.69, 9.17) is 9.47 Å². The van der Waals surface area contributed by atoms with Crippen molar-refractivity contribution in [3.8, 4) is 11.5 Å². The quantitative estimate of drug-likeness (QED) is 0.800. The van der Waals surface area contributed by atoms with Crippen LogP contribution in [-0.4, -0.2) is 31.2 Å². The number of fused-ring (bicyclic) bond motifs is 1. The minimum absolute atomic E-state index is 0.0647. The Hall–Kier alpha value is -2.69. The Kier molecular flexibility index (Phi) is 6.00. The molecule has 2 aromatic carbocycles. The van der Waals surface area contributed by atoms with Gasteiger partial charge in [0.1, 0.15) is 18.8 Å². The summed E-state index contributed by atoms with van der Waals surface area (Å²) in [4.78, 5) is 12.3. The molecule has 2 aromatic rings. The van der Waals surface area contributed by atoms with Gasteiger partial charge in [0.15, 0.2) is 11.5 Å². The summed E-state index contributed by atoms with van der Waals surface area (Å²) in [6.07, 6.45) is 2.01. The minimum atomic E-state index is -0.330. The maximum atomic E-state index is 12.3. The Morgan fingerprint density at radius 1 is 1.15 bits per heavy atom. The Balaban J connectivity index is 1.46. The number of aryl methyl sites for hydroxylation is 1. The van der Waals surface area contributed by atoms with E-state index in [1.807, 2.05) is 43.3 Å². The molecule has 138 valence electrons. The Bertz CT molecular complexity index is 730. The molecule has 1 aliphatic rings. The van der Waals surface area contributed by atoms with Crippen LogP contribution in [0.4, 0.5) is 5.69 Å². The largest absolute Gasteiger partial charge is 0.486 e. The van der Waals surface area contributed by atoms with E-state index >= 15 is 0 Å². The van der Waals surface area contributed by atoms with Crippen LogP contribution in [0.15, 0.2) is 48.5 Å². The second kappa shape index (κ2) is 8.61. The van der Waals surface area contributed by atoms with Gasteiger partial charge in [-0.25, -0.2) is 0 Å². The van der Waals surface area contributed by atoms with Crippen LogP contribution in [0.3, 0.4) is 0 Å². The average Bonchev–Trinajstić information content (AvgIpc) is 2.67. The van der Waals surface area contributed by atoms with Crippen molar-refractivity contribution in [3.05, 3.63) is 54.1 Å². The number of ether oxygens (including phenoxy) is 2. The summed E-state index contributed by atoms with van der Waals surface area (Å²) in [5.74, 6) is 1.40. The smallest absolute Gasteiger partial charge is 0.242 e. The first kappa shape index (κ1) is 18.1. The predicted octanol–water partition coefficient (Wildman–Crippen LogP) is 3.40. The lowest BCUT2D eigenvalue weighted by Gasteiger charge is -2.27. The summed E-state index contributed by atoms with van der Waals surface area (Å²) >= 11 is 0. The van der Waals surface area contributed by atoms with Crippen molar-refractivity contribution in [2.24, 2.45) is 0 Å². The molecular weight excluding hydrogens is 328 g/mol. The third-order valence-electron chi connectivity index (χ3n) is 4.34. The molecule has 3 rings (SSSR count). The van der Waals surface area contributed by atoms with E-state index in [0.717, 1.165) is 30.0 Å². The number of hydrogen-bond donors (Lipinski definition) is 2.